The van der Waals surface area contributed by atoms with Crippen LogP contribution in [0.1, 0.15) is 17.0 Å². The van der Waals surface area contributed by atoms with Crippen LogP contribution in [-0.2, 0) is 11.2 Å². The summed E-state index contributed by atoms with van der Waals surface area (Å²) >= 11 is 0. The molecule has 0 fully saturated rings. The molecule has 0 bridgehead atoms. The number of aliphatic carboxylic acids is 1. The quantitative estimate of drug-likeness (QED) is 0.889. The van der Waals surface area contributed by atoms with Gasteiger partial charge >= 0.3 is 5.97 Å². The van der Waals surface area contributed by atoms with E-state index < -0.39 is 11.9 Å². The van der Waals surface area contributed by atoms with Crippen molar-refractivity contribution < 1.29 is 9.90 Å². The molecule has 0 radical (unpaired) electrons. The van der Waals surface area contributed by atoms with E-state index >= 15 is 0 Å². The fourth-order valence-electron chi connectivity index (χ4n) is 2.52. The molecular formula is C19H24N2O2. The predicted octanol–water partition coefficient (Wildman–Crippen LogP) is 3.23. The molecule has 0 spiro atoms. The van der Waals surface area contributed by atoms with Gasteiger partial charge in [-0.3, -0.25) is 4.79 Å². The molecule has 23 heavy (non-hydrogen) atoms. The van der Waals surface area contributed by atoms with Crippen molar-refractivity contribution >= 4 is 17.3 Å². The van der Waals surface area contributed by atoms with Gasteiger partial charge in [0.25, 0.3) is 0 Å². The molecule has 2 rings (SSSR count). The Kier molecular flexibility index (Phi) is 5.27. The van der Waals surface area contributed by atoms with Gasteiger partial charge in [0.2, 0.25) is 0 Å². The Hall–Kier alpha value is -2.49. The Morgan fingerprint density at radius 1 is 0.870 bits per heavy atom. The first-order valence-corrected chi connectivity index (χ1v) is 7.65. The van der Waals surface area contributed by atoms with Crippen molar-refractivity contribution in [1.82, 2.24) is 0 Å². The largest absolute Gasteiger partial charge is 0.481 e. The van der Waals surface area contributed by atoms with Gasteiger partial charge in [-0.1, -0.05) is 24.3 Å². The molecule has 0 amide bonds. The maximum atomic E-state index is 11.7. The molecule has 2 aromatic rings. The van der Waals surface area contributed by atoms with Gasteiger partial charge in [0.15, 0.2) is 0 Å². The molecule has 0 aromatic heterocycles. The average molecular weight is 312 g/mol. The Morgan fingerprint density at radius 3 is 1.70 bits per heavy atom. The minimum Gasteiger partial charge on any atom is -0.481 e. The molecule has 0 saturated heterocycles. The lowest BCUT2D eigenvalue weighted by atomic mass is 9.92. The highest BCUT2D eigenvalue weighted by Crippen LogP contribution is 2.24. The van der Waals surface area contributed by atoms with Crippen LogP contribution >= 0.6 is 0 Å². The molecule has 0 aliphatic rings. The number of benzene rings is 2. The van der Waals surface area contributed by atoms with Gasteiger partial charge in [-0.15, -0.1) is 0 Å². The molecule has 1 unspecified atom stereocenters. The van der Waals surface area contributed by atoms with Crippen LogP contribution in [0.5, 0.6) is 0 Å². The van der Waals surface area contributed by atoms with Crippen LogP contribution < -0.4 is 9.80 Å². The van der Waals surface area contributed by atoms with Crippen LogP contribution in [0.4, 0.5) is 11.4 Å². The van der Waals surface area contributed by atoms with E-state index in [1.807, 2.05) is 86.5 Å². The Labute approximate surface area is 138 Å². The van der Waals surface area contributed by atoms with E-state index in [4.69, 9.17) is 0 Å². The van der Waals surface area contributed by atoms with Crippen molar-refractivity contribution in [3.05, 3.63) is 59.7 Å². The lowest BCUT2D eigenvalue weighted by Gasteiger charge is -2.17. The summed E-state index contributed by atoms with van der Waals surface area (Å²) in [6.07, 6.45) is 0.490. The van der Waals surface area contributed by atoms with Gasteiger partial charge in [-0.25, -0.2) is 0 Å². The molecule has 4 nitrogen and oxygen atoms in total. The molecule has 0 aliphatic carbocycles. The van der Waals surface area contributed by atoms with E-state index in [1.165, 1.54) is 0 Å². The van der Waals surface area contributed by atoms with Crippen LogP contribution in [0.3, 0.4) is 0 Å². The number of carbonyl (C=O) groups is 1. The summed E-state index contributed by atoms with van der Waals surface area (Å²) in [5.74, 6) is -1.32. The van der Waals surface area contributed by atoms with Gasteiger partial charge in [0.05, 0.1) is 5.92 Å². The molecular weight excluding hydrogens is 288 g/mol. The topological polar surface area (TPSA) is 43.8 Å². The lowest BCUT2D eigenvalue weighted by Crippen LogP contribution is -2.15. The summed E-state index contributed by atoms with van der Waals surface area (Å²) in [6.45, 7) is 0. The first-order valence-electron chi connectivity index (χ1n) is 7.65. The molecule has 1 atom stereocenters. The number of anilines is 2. The highest BCUT2D eigenvalue weighted by Gasteiger charge is 2.20. The predicted molar refractivity (Wildman–Crippen MR) is 95.6 cm³/mol. The second-order valence-corrected chi connectivity index (χ2v) is 6.14. The molecule has 0 saturated carbocycles. The number of carboxylic acids is 1. The number of carboxylic acid groups (broad SMARTS) is 1. The highest BCUT2D eigenvalue weighted by atomic mass is 16.4. The molecule has 1 N–H and O–H groups in total. The minimum absolute atomic E-state index is 0.490. The third-order valence-electron chi connectivity index (χ3n) is 4.00. The summed E-state index contributed by atoms with van der Waals surface area (Å²) in [6, 6.07) is 15.8. The minimum atomic E-state index is -0.792. The smallest absolute Gasteiger partial charge is 0.311 e. The first-order chi connectivity index (χ1) is 10.9. The zero-order valence-corrected chi connectivity index (χ0v) is 14.2. The Bertz CT molecular complexity index is 646. The van der Waals surface area contributed by atoms with Crippen molar-refractivity contribution in [3.63, 3.8) is 0 Å². The number of hydrogen-bond donors (Lipinski definition) is 1. The molecule has 122 valence electrons. The second kappa shape index (κ2) is 7.18. The maximum Gasteiger partial charge on any atom is 0.311 e. The summed E-state index contributed by atoms with van der Waals surface area (Å²) in [7, 11) is 7.91. The van der Waals surface area contributed by atoms with Crippen LogP contribution in [0, 0.1) is 0 Å². The molecule has 4 heteroatoms. The van der Waals surface area contributed by atoms with Crippen LogP contribution in [0.15, 0.2) is 48.5 Å². The standard InChI is InChI=1S/C19H24N2O2/c1-20(2)16-9-5-14(6-10-16)13-18(19(22)23)15-7-11-17(12-8-15)21(3)4/h5-12,18H,13H2,1-4H3,(H,22,23). The number of rotatable bonds is 6. The molecule has 2 aromatic carbocycles. The SMILES string of the molecule is CN(C)c1ccc(CC(C(=O)O)c2ccc(N(C)C)cc2)cc1. The van der Waals surface area contributed by atoms with Crippen molar-refractivity contribution in [2.45, 2.75) is 12.3 Å². The zero-order valence-electron chi connectivity index (χ0n) is 14.2. The van der Waals surface area contributed by atoms with E-state index in [9.17, 15) is 9.90 Å². The van der Waals surface area contributed by atoms with Crippen LogP contribution in [0.2, 0.25) is 0 Å². The van der Waals surface area contributed by atoms with Gasteiger partial charge in [-0.05, 0) is 41.8 Å². The van der Waals surface area contributed by atoms with E-state index in [0.29, 0.717) is 6.42 Å². The molecule has 0 heterocycles. The van der Waals surface area contributed by atoms with Gasteiger partial charge in [-0.2, -0.15) is 0 Å². The fraction of sp³-hybridized carbons (Fsp3) is 0.316. The van der Waals surface area contributed by atoms with Crippen molar-refractivity contribution in [1.29, 1.82) is 0 Å². The third-order valence-corrected chi connectivity index (χ3v) is 4.00. The number of hydrogen-bond acceptors (Lipinski definition) is 3. The van der Waals surface area contributed by atoms with E-state index in [2.05, 4.69) is 0 Å². The highest BCUT2D eigenvalue weighted by molar-refractivity contribution is 5.76. The lowest BCUT2D eigenvalue weighted by molar-refractivity contribution is -0.138. The van der Waals surface area contributed by atoms with Crippen molar-refractivity contribution in [3.8, 4) is 0 Å². The fourth-order valence-corrected chi connectivity index (χ4v) is 2.52. The van der Waals surface area contributed by atoms with Gasteiger partial charge < -0.3 is 14.9 Å². The Balaban J connectivity index is 2.20. The maximum absolute atomic E-state index is 11.7. The summed E-state index contributed by atoms with van der Waals surface area (Å²) in [5, 5.41) is 9.59. The number of nitrogens with zero attached hydrogens (tertiary/aromatic N) is 2. The van der Waals surface area contributed by atoms with Crippen molar-refractivity contribution in [2.75, 3.05) is 38.0 Å². The molecule has 0 aliphatic heterocycles. The van der Waals surface area contributed by atoms with Crippen molar-refractivity contribution in [2.24, 2.45) is 0 Å². The summed E-state index contributed by atoms with van der Waals surface area (Å²) in [4.78, 5) is 15.7. The van der Waals surface area contributed by atoms with Gasteiger partial charge in [0.1, 0.15) is 0 Å². The van der Waals surface area contributed by atoms with E-state index in [0.717, 1.165) is 22.5 Å². The zero-order chi connectivity index (χ0) is 17.0. The summed E-state index contributed by atoms with van der Waals surface area (Å²) < 4.78 is 0. The average Bonchev–Trinajstić information content (AvgIpc) is 2.53. The monoisotopic (exact) mass is 312 g/mol. The van der Waals surface area contributed by atoms with E-state index in [1.54, 1.807) is 0 Å². The third kappa shape index (κ3) is 4.25. The van der Waals surface area contributed by atoms with Crippen LogP contribution in [-0.4, -0.2) is 39.3 Å². The second-order valence-electron chi connectivity index (χ2n) is 6.14. The van der Waals surface area contributed by atoms with Crippen LogP contribution in [0.25, 0.3) is 0 Å². The van der Waals surface area contributed by atoms with Gasteiger partial charge in [0, 0.05) is 39.6 Å². The first kappa shape index (κ1) is 16.9. The summed E-state index contributed by atoms with van der Waals surface area (Å²) in [5.41, 5.74) is 4.03. The van der Waals surface area contributed by atoms with E-state index in [-0.39, 0.29) is 0 Å². The normalized spacial score (nSPS) is 11.8. The Morgan fingerprint density at radius 2 is 1.30 bits per heavy atom.